The average molecular weight is 460 g/mol. The molecule has 0 radical (unpaired) electrons. The minimum atomic E-state index is -0.634. The normalized spacial score (nSPS) is 11.5. The lowest BCUT2D eigenvalue weighted by atomic mass is 10.1. The molecule has 0 saturated carbocycles. The van der Waals surface area contributed by atoms with Crippen LogP contribution in [0.4, 0.5) is 0 Å². The van der Waals surface area contributed by atoms with Gasteiger partial charge in [0.1, 0.15) is 0 Å². The maximum absolute atomic E-state index is 11.9. The van der Waals surface area contributed by atoms with Gasteiger partial charge in [-0.1, -0.05) is 121 Å². The molecule has 0 bridgehead atoms. The Balaban J connectivity index is 0. The smallest absolute Gasteiger partial charge is 0.220 e. The Bertz CT molecular complexity index is 566. The van der Waals surface area contributed by atoms with E-state index < -0.39 is 6.10 Å². The lowest BCUT2D eigenvalue weighted by Gasteiger charge is -2.12. The molecule has 1 unspecified atom stereocenters. The summed E-state index contributed by atoms with van der Waals surface area (Å²) >= 11 is 0. The van der Waals surface area contributed by atoms with Gasteiger partial charge in [-0.3, -0.25) is 4.79 Å². The second kappa shape index (κ2) is 28.2. The second-order valence-electron chi connectivity index (χ2n) is 7.71. The molecular weight excluding hydrogens is 406 g/mol. The molecular formula is C30H53NO2. The van der Waals surface area contributed by atoms with Gasteiger partial charge in [-0.25, -0.2) is 0 Å². The van der Waals surface area contributed by atoms with E-state index in [0.29, 0.717) is 6.42 Å². The van der Waals surface area contributed by atoms with Crippen LogP contribution in [0.25, 0.3) is 0 Å². The summed E-state index contributed by atoms with van der Waals surface area (Å²) in [5.41, 5.74) is 0.838. The Morgan fingerprint density at radius 2 is 1.36 bits per heavy atom. The van der Waals surface area contributed by atoms with E-state index in [1.807, 2.05) is 58.0 Å². The Hall–Kier alpha value is -1.87. The third kappa shape index (κ3) is 23.1. The number of aliphatic hydroxyl groups is 1. The number of carbonyl (C=O) groups excluding carboxylic acids is 1. The summed E-state index contributed by atoms with van der Waals surface area (Å²) in [6, 6.07) is 9.44. The number of rotatable bonds is 17. The molecule has 33 heavy (non-hydrogen) atoms. The highest BCUT2D eigenvalue weighted by Gasteiger charge is 2.08. The molecule has 0 aromatic heterocycles. The first-order chi connectivity index (χ1) is 16.2. The number of amides is 1. The monoisotopic (exact) mass is 459 g/mol. The molecule has 1 amide bonds. The van der Waals surface area contributed by atoms with Crippen LogP contribution in [-0.2, 0) is 4.79 Å². The number of hydrogen-bond donors (Lipinski definition) is 2. The van der Waals surface area contributed by atoms with E-state index in [4.69, 9.17) is 0 Å². The molecule has 1 atom stereocenters. The number of hydrogen-bond acceptors (Lipinski definition) is 2. The largest absolute Gasteiger partial charge is 0.387 e. The van der Waals surface area contributed by atoms with E-state index in [9.17, 15) is 9.90 Å². The fourth-order valence-corrected chi connectivity index (χ4v) is 3.19. The third-order valence-corrected chi connectivity index (χ3v) is 5.03. The zero-order chi connectivity index (χ0) is 25.0. The molecule has 1 aromatic rings. The third-order valence-electron chi connectivity index (χ3n) is 5.03. The van der Waals surface area contributed by atoms with Gasteiger partial charge >= 0.3 is 0 Å². The number of nitrogens with one attached hydrogen (secondary N) is 1. The van der Waals surface area contributed by atoms with Gasteiger partial charge in [0.15, 0.2) is 0 Å². The van der Waals surface area contributed by atoms with Crippen molar-refractivity contribution in [2.75, 3.05) is 6.54 Å². The summed E-state index contributed by atoms with van der Waals surface area (Å²) in [4.78, 5) is 11.9. The van der Waals surface area contributed by atoms with E-state index in [2.05, 4.69) is 36.5 Å². The predicted molar refractivity (Wildman–Crippen MR) is 146 cm³/mol. The summed E-state index contributed by atoms with van der Waals surface area (Å²) in [5.74, 6) is 0.0330. The lowest BCUT2D eigenvalue weighted by molar-refractivity contribution is -0.121. The average Bonchev–Trinajstić information content (AvgIpc) is 2.87. The van der Waals surface area contributed by atoms with E-state index in [1.54, 1.807) is 0 Å². The van der Waals surface area contributed by atoms with E-state index >= 15 is 0 Å². The number of unbranched alkanes of at least 4 members (excludes halogenated alkanes) is 8. The first-order valence-electron chi connectivity index (χ1n) is 13.5. The van der Waals surface area contributed by atoms with Crippen molar-refractivity contribution in [1.82, 2.24) is 5.32 Å². The van der Waals surface area contributed by atoms with Crippen LogP contribution in [-0.4, -0.2) is 17.6 Å². The molecule has 2 N–H and O–H groups in total. The summed E-state index contributed by atoms with van der Waals surface area (Å²) in [7, 11) is 0. The lowest BCUT2D eigenvalue weighted by Crippen LogP contribution is -2.28. The van der Waals surface area contributed by atoms with Crippen LogP contribution in [0.5, 0.6) is 0 Å². The molecule has 190 valence electrons. The summed E-state index contributed by atoms with van der Waals surface area (Å²) in [5, 5.41) is 12.9. The van der Waals surface area contributed by atoms with Crippen LogP contribution < -0.4 is 5.32 Å². The highest BCUT2D eigenvalue weighted by Crippen LogP contribution is 2.11. The van der Waals surface area contributed by atoms with Gasteiger partial charge < -0.3 is 10.4 Å². The molecule has 0 aliphatic heterocycles. The van der Waals surface area contributed by atoms with Crippen molar-refractivity contribution in [3.8, 4) is 0 Å². The summed E-state index contributed by atoms with van der Waals surface area (Å²) < 4.78 is 0. The summed E-state index contributed by atoms with van der Waals surface area (Å²) in [6.07, 6.45) is 22.1. The van der Waals surface area contributed by atoms with E-state index in [-0.39, 0.29) is 12.5 Å². The molecule has 0 heterocycles. The summed E-state index contributed by atoms with van der Waals surface area (Å²) in [6.45, 7) is 10.5. The number of carbonyl (C=O) groups is 1. The Morgan fingerprint density at radius 3 is 1.97 bits per heavy atom. The van der Waals surface area contributed by atoms with Gasteiger partial charge in [-0.15, -0.1) is 0 Å². The first-order valence-corrected chi connectivity index (χ1v) is 13.5. The Morgan fingerprint density at radius 1 is 0.818 bits per heavy atom. The van der Waals surface area contributed by atoms with Crippen molar-refractivity contribution in [2.24, 2.45) is 0 Å². The van der Waals surface area contributed by atoms with E-state index in [1.165, 1.54) is 44.9 Å². The van der Waals surface area contributed by atoms with Crippen LogP contribution in [0, 0.1) is 0 Å². The number of benzene rings is 1. The molecule has 0 aliphatic rings. The highest BCUT2D eigenvalue weighted by atomic mass is 16.3. The molecule has 3 heteroatoms. The first kappa shape index (κ1) is 33.3. The fraction of sp³-hybridized carbons (Fsp3) is 0.633. The van der Waals surface area contributed by atoms with Crippen molar-refractivity contribution >= 4 is 5.91 Å². The molecule has 0 spiro atoms. The molecule has 0 aliphatic carbocycles. The molecule has 1 rings (SSSR count). The molecule has 0 fully saturated rings. The minimum Gasteiger partial charge on any atom is -0.387 e. The quantitative estimate of drug-likeness (QED) is 0.181. The number of aliphatic hydroxyl groups excluding tert-OH is 1. The molecule has 3 nitrogen and oxygen atoms in total. The fourth-order valence-electron chi connectivity index (χ4n) is 3.19. The van der Waals surface area contributed by atoms with Crippen LogP contribution in [0.2, 0.25) is 0 Å². The van der Waals surface area contributed by atoms with Gasteiger partial charge in [-0.05, 0) is 44.1 Å². The van der Waals surface area contributed by atoms with Gasteiger partial charge in [0.05, 0.1) is 6.10 Å². The van der Waals surface area contributed by atoms with Crippen molar-refractivity contribution in [3.63, 3.8) is 0 Å². The Labute approximate surface area is 205 Å². The second-order valence-corrected chi connectivity index (χ2v) is 7.71. The van der Waals surface area contributed by atoms with Crippen LogP contribution in [0.3, 0.4) is 0 Å². The standard InChI is InChI=1S/C26H41NO2.2C2H6/c1-2-3-4-5-6-7-8-9-10-11-12-13-14-15-19-22-26(29)27-23-25(28)24-20-17-16-18-21-24;2*1-2/h6-7,9-10,16-18,20-21,25,28H,2-5,8,11-15,19,22-23H2,1H3,(H,27,29);2*1-2H3/b7-6-,10-9-;;. The number of allylic oxidation sites excluding steroid dienone is 4. The van der Waals surface area contributed by atoms with E-state index in [0.717, 1.165) is 31.2 Å². The SMILES string of the molecule is CC.CC.CCCCC/C=C\C/C=C\CCCCCCCC(=O)NCC(O)c1ccccc1. The zero-order valence-electron chi connectivity index (χ0n) is 22.3. The topological polar surface area (TPSA) is 49.3 Å². The van der Waals surface area contributed by atoms with Crippen molar-refractivity contribution < 1.29 is 9.90 Å². The van der Waals surface area contributed by atoms with Gasteiger partial charge in [0.25, 0.3) is 0 Å². The maximum atomic E-state index is 11.9. The van der Waals surface area contributed by atoms with Crippen LogP contribution in [0.15, 0.2) is 54.6 Å². The van der Waals surface area contributed by atoms with Gasteiger partial charge in [-0.2, -0.15) is 0 Å². The highest BCUT2D eigenvalue weighted by molar-refractivity contribution is 5.75. The van der Waals surface area contributed by atoms with Crippen molar-refractivity contribution in [1.29, 1.82) is 0 Å². The minimum absolute atomic E-state index is 0.0330. The van der Waals surface area contributed by atoms with Crippen LogP contribution in [0.1, 0.15) is 123 Å². The van der Waals surface area contributed by atoms with Gasteiger partial charge in [0.2, 0.25) is 5.91 Å². The zero-order valence-corrected chi connectivity index (χ0v) is 22.3. The molecule has 0 saturated heterocycles. The Kier molecular flexibility index (Phi) is 28.4. The maximum Gasteiger partial charge on any atom is 0.220 e. The predicted octanol–water partition coefficient (Wildman–Crippen LogP) is 8.70. The molecule has 1 aromatic carbocycles. The van der Waals surface area contributed by atoms with Crippen LogP contribution >= 0.6 is 0 Å². The van der Waals surface area contributed by atoms with Gasteiger partial charge in [0, 0.05) is 13.0 Å². The van der Waals surface area contributed by atoms with Crippen molar-refractivity contribution in [3.05, 3.63) is 60.2 Å². The van der Waals surface area contributed by atoms with Crippen molar-refractivity contribution in [2.45, 2.75) is 118 Å².